The maximum Gasteiger partial charge on any atom is 0.265 e. The Morgan fingerprint density at radius 2 is 1.64 bits per heavy atom. The Kier molecular flexibility index (Phi) is 11.9. The molecule has 1 aliphatic carbocycles. The van der Waals surface area contributed by atoms with Gasteiger partial charge < -0.3 is 10.4 Å². The Morgan fingerprint density at radius 3 is 2.31 bits per heavy atom. The summed E-state index contributed by atoms with van der Waals surface area (Å²) < 4.78 is 25.5. The van der Waals surface area contributed by atoms with Crippen LogP contribution in [0.15, 0.2) is 77.7 Å². The molecule has 0 unspecified atom stereocenters. The molecule has 3 N–H and O–H groups in total. The second kappa shape index (κ2) is 14.9. The van der Waals surface area contributed by atoms with Gasteiger partial charge in [0.2, 0.25) is 10.0 Å². The summed E-state index contributed by atoms with van der Waals surface area (Å²) in [5, 5.41) is 14.1. The van der Waals surface area contributed by atoms with Crippen molar-refractivity contribution >= 4 is 40.1 Å². The molecule has 9 heteroatoms. The predicted octanol–water partition coefficient (Wildman–Crippen LogP) is 5.76. The summed E-state index contributed by atoms with van der Waals surface area (Å²) in [5.74, 6) is -0.586. The number of carbonyl (C=O) groups excluding carboxylic acids is 1. The molecule has 210 valence electrons. The van der Waals surface area contributed by atoms with Gasteiger partial charge in [0.15, 0.2) is 0 Å². The Labute approximate surface area is 242 Å². The number of nitrogens with one attached hydrogen (secondary N) is 2. The quantitative estimate of drug-likeness (QED) is 0.247. The van der Waals surface area contributed by atoms with Gasteiger partial charge in [0.05, 0.1) is 17.9 Å². The topological polar surface area (TPSA) is 95.5 Å². The van der Waals surface area contributed by atoms with Gasteiger partial charge in [0.1, 0.15) is 0 Å². The molecule has 0 saturated heterocycles. The molecule has 0 spiro atoms. The van der Waals surface area contributed by atoms with Crippen molar-refractivity contribution in [2.75, 3.05) is 19.3 Å². The van der Waals surface area contributed by atoms with Gasteiger partial charge in [-0.05, 0) is 60.2 Å². The first-order valence-corrected chi connectivity index (χ1v) is 15.9. The van der Waals surface area contributed by atoms with Crippen LogP contribution in [-0.4, -0.2) is 44.0 Å². The number of hydrogen-bond acceptors (Lipinski definition) is 6. The van der Waals surface area contributed by atoms with E-state index in [2.05, 4.69) is 34.3 Å². The average molecular weight is 589 g/mol. The third-order valence-electron chi connectivity index (χ3n) is 6.75. The van der Waals surface area contributed by atoms with Crippen LogP contribution in [0.5, 0.6) is 0 Å². The van der Waals surface area contributed by atoms with Crippen molar-refractivity contribution in [3.8, 4) is 11.1 Å². The first-order chi connectivity index (χ1) is 18.3. The fourth-order valence-electron chi connectivity index (χ4n) is 4.70. The summed E-state index contributed by atoms with van der Waals surface area (Å²) in [6, 6.07) is 23.6. The summed E-state index contributed by atoms with van der Waals surface area (Å²) >= 11 is 1.69. The minimum absolute atomic E-state index is 0. The standard InChI is InChI=1S/C30H36N2O4S2.ClH/c1-38(35,36)32-30(34)27-17-16-25(20-29(27)37-26-10-6-3-7-11-26)23-14-12-22(13-15-23)18-19-31-21-28(33)24-8-4-2-5-9-24;/h2,4-5,8-9,12-17,20,26,28,31,33H,3,6-7,10-11,18-19,21H2,1H3,(H,32,34);1H/t28-;/m1./s1. The highest BCUT2D eigenvalue weighted by molar-refractivity contribution is 8.00. The third-order valence-corrected chi connectivity index (χ3v) is 8.70. The van der Waals surface area contributed by atoms with E-state index in [1.165, 1.54) is 24.8 Å². The lowest BCUT2D eigenvalue weighted by molar-refractivity contribution is 0.0979. The van der Waals surface area contributed by atoms with Gasteiger partial charge in [-0.3, -0.25) is 4.79 Å². The van der Waals surface area contributed by atoms with Crippen molar-refractivity contribution in [2.24, 2.45) is 0 Å². The van der Waals surface area contributed by atoms with Crippen molar-refractivity contribution in [3.63, 3.8) is 0 Å². The van der Waals surface area contributed by atoms with Crippen molar-refractivity contribution in [1.29, 1.82) is 0 Å². The Balaban J connectivity index is 0.00000420. The fourth-order valence-corrected chi connectivity index (χ4v) is 6.56. The summed E-state index contributed by atoms with van der Waals surface area (Å²) in [4.78, 5) is 13.6. The van der Waals surface area contributed by atoms with Gasteiger partial charge in [-0.15, -0.1) is 24.2 Å². The first-order valence-electron chi connectivity index (χ1n) is 13.1. The van der Waals surface area contributed by atoms with E-state index in [4.69, 9.17) is 0 Å². The highest BCUT2D eigenvalue weighted by Crippen LogP contribution is 2.37. The van der Waals surface area contributed by atoms with Crippen molar-refractivity contribution in [1.82, 2.24) is 10.0 Å². The van der Waals surface area contributed by atoms with E-state index in [1.807, 2.05) is 42.5 Å². The van der Waals surface area contributed by atoms with E-state index in [0.29, 0.717) is 17.4 Å². The molecular formula is C30H37ClN2O4S2. The molecule has 1 saturated carbocycles. The molecule has 6 nitrogen and oxygen atoms in total. The van der Waals surface area contributed by atoms with E-state index in [0.717, 1.165) is 53.6 Å². The maximum atomic E-state index is 12.7. The molecular weight excluding hydrogens is 552 g/mol. The maximum absolute atomic E-state index is 12.7. The van der Waals surface area contributed by atoms with Crippen LogP contribution in [0.3, 0.4) is 0 Å². The van der Waals surface area contributed by atoms with Crippen LogP contribution >= 0.6 is 24.2 Å². The van der Waals surface area contributed by atoms with Crippen LogP contribution < -0.4 is 10.0 Å². The summed E-state index contributed by atoms with van der Waals surface area (Å²) in [7, 11) is -3.65. The molecule has 1 aliphatic rings. The number of halogens is 1. The monoisotopic (exact) mass is 588 g/mol. The molecule has 1 fully saturated rings. The number of hydrogen-bond donors (Lipinski definition) is 3. The molecule has 4 rings (SSSR count). The average Bonchev–Trinajstić information content (AvgIpc) is 2.91. The van der Waals surface area contributed by atoms with Crippen LogP contribution in [0.25, 0.3) is 11.1 Å². The molecule has 0 heterocycles. The smallest absolute Gasteiger partial charge is 0.265 e. The zero-order chi connectivity index (χ0) is 27.0. The number of benzene rings is 3. The van der Waals surface area contributed by atoms with Gasteiger partial charge in [0.25, 0.3) is 5.91 Å². The molecule has 0 bridgehead atoms. The molecule has 0 radical (unpaired) electrons. The van der Waals surface area contributed by atoms with Crippen LogP contribution in [0.1, 0.15) is 59.7 Å². The summed E-state index contributed by atoms with van der Waals surface area (Å²) in [6.07, 6.45) is 7.13. The normalized spacial score (nSPS) is 14.8. The first kappa shape index (κ1) is 31.2. The largest absolute Gasteiger partial charge is 0.387 e. The highest BCUT2D eigenvalue weighted by Gasteiger charge is 2.21. The van der Waals surface area contributed by atoms with Crippen LogP contribution in [0, 0.1) is 0 Å². The molecule has 0 aliphatic heterocycles. The minimum Gasteiger partial charge on any atom is -0.387 e. The lowest BCUT2D eigenvalue weighted by atomic mass is 10.0. The fraction of sp³-hybridized carbons (Fsp3) is 0.367. The van der Waals surface area contributed by atoms with E-state index in [1.54, 1.807) is 17.8 Å². The third kappa shape index (κ3) is 9.65. The Hall–Kier alpha value is -2.36. The van der Waals surface area contributed by atoms with Gasteiger partial charge in [-0.2, -0.15) is 0 Å². The van der Waals surface area contributed by atoms with Crippen LogP contribution in [-0.2, 0) is 16.4 Å². The van der Waals surface area contributed by atoms with Gasteiger partial charge in [-0.25, -0.2) is 13.1 Å². The lowest BCUT2D eigenvalue weighted by Crippen LogP contribution is -2.29. The zero-order valence-corrected chi connectivity index (χ0v) is 24.6. The summed E-state index contributed by atoms with van der Waals surface area (Å²) in [6.45, 7) is 1.26. The molecule has 3 aromatic rings. The van der Waals surface area contributed by atoms with E-state index >= 15 is 0 Å². The van der Waals surface area contributed by atoms with E-state index in [-0.39, 0.29) is 12.4 Å². The summed E-state index contributed by atoms with van der Waals surface area (Å²) in [5.41, 5.74) is 4.54. The number of thioether (sulfide) groups is 1. The SMILES string of the molecule is CS(=O)(=O)NC(=O)c1ccc(-c2ccc(CCNC[C@@H](O)c3ccccc3)cc2)cc1SC1CCCCC1.Cl. The predicted molar refractivity (Wildman–Crippen MR) is 162 cm³/mol. The Morgan fingerprint density at radius 1 is 0.974 bits per heavy atom. The number of sulfonamides is 1. The van der Waals surface area contributed by atoms with Gasteiger partial charge >= 0.3 is 0 Å². The van der Waals surface area contributed by atoms with Crippen molar-refractivity contribution < 1.29 is 18.3 Å². The van der Waals surface area contributed by atoms with Crippen LogP contribution in [0.2, 0.25) is 0 Å². The zero-order valence-electron chi connectivity index (χ0n) is 22.1. The second-order valence-corrected chi connectivity index (χ2v) is 13.0. The number of aliphatic hydroxyl groups is 1. The second-order valence-electron chi connectivity index (χ2n) is 9.87. The van der Waals surface area contributed by atoms with Crippen molar-refractivity contribution in [2.45, 2.75) is 54.8 Å². The van der Waals surface area contributed by atoms with E-state index in [9.17, 15) is 18.3 Å². The number of carbonyl (C=O) groups is 1. The highest BCUT2D eigenvalue weighted by atomic mass is 35.5. The molecule has 39 heavy (non-hydrogen) atoms. The van der Waals surface area contributed by atoms with Crippen molar-refractivity contribution in [3.05, 3.63) is 89.5 Å². The van der Waals surface area contributed by atoms with Crippen LogP contribution in [0.4, 0.5) is 0 Å². The van der Waals surface area contributed by atoms with E-state index < -0.39 is 22.0 Å². The van der Waals surface area contributed by atoms with Gasteiger partial charge in [0, 0.05) is 16.7 Å². The molecule has 1 atom stereocenters. The number of amides is 1. The number of rotatable bonds is 11. The Bertz CT molecular complexity index is 1310. The molecule has 1 amide bonds. The lowest BCUT2D eigenvalue weighted by Gasteiger charge is -2.22. The van der Waals surface area contributed by atoms with Gasteiger partial charge in [-0.1, -0.05) is 79.9 Å². The molecule has 0 aromatic heterocycles. The molecule has 3 aromatic carbocycles. The minimum atomic E-state index is -3.65. The number of aliphatic hydroxyl groups excluding tert-OH is 1.